The van der Waals surface area contributed by atoms with Crippen molar-refractivity contribution < 1.29 is 9.53 Å². The minimum atomic E-state index is -0.145. The number of hydrogen-bond donors (Lipinski definition) is 1. The predicted molar refractivity (Wildman–Crippen MR) is 87.8 cm³/mol. The molecule has 0 aromatic carbocycles. The number of carbonyl (C=O) groups excluding carboxylic acids is 1. The van der Waals surface area contributed by atoms with Crippen LogP contribution >= 0.6 is 11.3 Å². The van der Waals surface area contributed by atoms with Crippen molar-refractivity contribution >= 4 is 17.4 Å². The maximum Gasteiger partial charge on any atom is 0.318 e. The molecule has 0 radical (unpaired) electrons. The Kier molecular flexibility index (Phi) is 6.22. The highest BCUT2D eigenvalue weighted by molar-refractivity contribution is 7.11. The van der Waals surface area contributed by atoms with Gasteiger partial charge in [0.05, 0.1) is 18.7 Å². The van der Waals surface area contributed by atoms with E-state index in [0.29, 0.717) is 13.1 Å². The fourth-order valence-electron chi connectivity index (χ4n) is 2.48. The Morgan fingerprint density at radius 3 is 3.09 bits per heavy atom. The van der Waals surface area contributed by atoms with Crippen LogP contribution in [0.4, 0.5) is 4.79 Å². The minimum absolute atomic E-state index is 0.0732. The number of hydrogen-bond acceptors (Lipinski definition) is 4. The van der Waals surface area contributed by atoms with E-state index in [1.54, 1.807) is 16.2 Å². The lowest BCUT2D eigenvalue weighted by molar-refractivity contribution is 0.0840. The summed E-state index contributed by atoms with van der Waals surface area (Å²) in [6.45, 7) is 5.65. The molecule has 1 N–H and O–H groups in total. The number of carbonyl (C=O) groups is 1. The van der Waals surface area contributed by atoms with Crippen molar-refractivity contribution in [2.24, 2.45) is 0 Å². The van der Waals surface area contributed by atoms with Crippen LogP contribution in [0, 0.1) is 19.3 Å². The van der Waals surface area contributed by atoms with Gasteiger partial charge in [-0.05, 0) is 26.2 Å². The first-order valence-corrected chi connectivity index (χ1v) is 8.48. The van der Waals surface area contributed by atoms with Gasteiger partial charge >= 0.3 is 6.03 Å². The SMILES string of the molecule is C#CCN(CC1CCCO1)C(=O)NC(CC)c1ncc(C)s1. The van der Waals surface area contributed by atoms with Crippen molar-refractivity contribution in [3.05, 3.63) is 16.1 Å². The number of nitrogens with zero attached hydrogens (tertiary/aromatic N) is 2. The Morgan fingerprint density at radius 1 is 1.73 bits per heavy atom. The molecule has 1 aromatic heterocycles. The van der Waals surface area contributed by atoms with E-state index < -0.39 is 0 Å². The molecule has 22 heavy (non-hydrogen) atoms. The Labute approximate surface area is 136 Å². The molecule has 1 aliphatic heterocycles. The standard InChI is InChI=1S/C16H23N3O2S/c1-4-8-19(11-13-7-6-9-21-13)16(20)18-14(5-2)15-17-10-12(3)22-15/h1,10,13-14H,5-9,11H2,2-3H3,(H,18,20). The molecule has 5 nitrogen and oxygen atoms in total. The summed E-state index contributed by atoms with van der Waals surface area (Å²) in [4.78, 5) is 19.7. The van der Waals surface area contributed by atoms with Crippen LogP contribution in [0.15, 0.2) is 6.20 Å². The van der Waals surface area contributed by atoms with Gasteiger partial charge in [0.15, 0.2) is 0 Å². The molecule has 2 heterocycles. The van der Waals surface area contributed by atoms with E-state index in [4.69, 9.17) is 11.2 Å². The lowest BCUT2D eigenvalue weighted by Crippen LogP contribution is -2.45. The molecule has 1 aromatic rings. The van der Waals surface area contributed by atoms with E-state index in [1.807, 2.05) is 20.0 Å². The fraction of sp³-hybridized carbons (Fsp3) is 0.625. The van der Waals surface area contributed by atoms with Crippen molar-refractivity contribution in [3.8, 4) is 12.3 Å². The summed E-state index contributed by atoms with van der Waals surface area (Å²) in [6.07, 6.45) is 10.2. The maximum atomic E-state index is 12.5. The van der Waals surface area contributed by atoms with Crippen molar-refractivity contribution in [3.63, 3.8) is 0 Å². The van der Waals surface area contributed by atoms with Gasteiger partial charge in [0.1, 0.15) is 5.01 Å². The van der Waals surface area contributed by atoms with Gasteiger partial charge < -0.3 is 15.0 Å². The first-order valence-electron chi connectivity index (χ1n) is 7.66. The summed E-state index contributed by atoms with van der Waals surface area (Å²) in [5.41, 5.74) is 0. The van der Waals surface area contributed by atoms with Crippen molar-refractivity contribution in [2.45, 2.75) is 45.3 Å². The Bertz CT molecular complexity index is 532. The zero-order valence-electron chi connectivity index (χ0n) is 13.2. The molecule has 2 rings (SSSR count). The quantitative estimate of drug-likeness (QED) is 0.820. The number of nitrogens with one attached hydrogen (secondary N) is 1. The average Bonchev–Trinajstić information content (AvgIpc) is 3.15. The number of rotatable bonds is 6. The summed E-state index contributed by atoms with van der Waals surface area (Å²) in [5, 5.41) is 3.98. The summed E-state index contributed by atoms with van der Waals surface area (Å²) in [5.74, 6) is 2.55. The Morgan fingerprint density at radius 2 is 2.55 bits per heavy atom. The number of thiazole rings is 1. The third-order valence-corrected chi connectivity index (χ3v) is 4.69. The summed E-state index contributed by atoms with van der Waals surface area (Å²) >= 11 is 1.61. The molecule has 0 saturated carbocycles. The predicted octanol–water partition coefficient (Wildman–Crippen LogP) is 2.73. The normalized spacial score (nSPS) is 18.7. The van der Waals surface area contributed by atoms with Gasteiger partial charge in [-0.1, -0.05) is 12.8 Å². The molecule has 0 bridgehead atoms. The van der Waals surface area contributed by atoms with E-state index in [-0.39, 0.29) is 18.2 Å². The van der Waals surface area contributed by atoms with Crippen molar-refractivity contribution in [1.29, 1.82) is 0 Å². The molecule has 2 unspecified atom stereocenters. The van der Waals surface area contributed by atoms with Gasteiger partial charge in [0, 0.05) is 24.2 Å². The molecule has 1 fully saturated rings. The van der Waals surface area contributed by atoms with E-state index in [2.05, 4.69) is 16.2 Å². The molecule has 120 valence electrons. The van der Waals surface area contributed by atoms with E-state index >= 15 is 0 Å². The number of urea groups is 1. The largest absolute Gasteiger partial charge is 0.376 e. The highest BCUT2D eigenvalue weighted by Gasteiger charge is 2.24. The van der Waals surface area contributed by atoms with Crippen LogP contribution in [0.1, 0.15) is 42.1 Å². The monoisotopic (exact) mass is 321 g/mol. The first kappa shape index (κ1) is 16.8. The molecule has 0 aliphatic carbocycles. The molecule has 2 amide bonds. The molecule has 0 spiro atoms. The van der Waals surface area contributed by atoms with Crippen LogP contribution in [0.2, 0.25) is 0 Å². The van der Waals surface area contributed by atoms with Crippen molar-refractivity contribution in [2.75, 3.05) is 19.7 Å². The summed E-state index contributed by atoms with van der Waals surface area (Å²) < 4.78 is 5.60. The highest BCUT2D eigenvalue weighted by atomic mass is 32.1. The fourth-order valence-corrected chi connectivity index (χ4v) is 3.38. The molecule has 2 atom stereocenters. The second kappa shape index (κ2) is 8.16. The lowest BCUT2D eigenvalue weighted by Gasteiger charge is -2.26. The smallest absolute Gasteiger partial charge is 0.318 e. The van der Waals surface area contributed by atoms with Crippen LogP contribution in [0.3, 0.4) is 0 Å². The number of ether oxygens (including phenoxy) is 1. The number of terminal acetylenes is 1. The molecular weight excluding hydrogens is 298 g/mol. The second-order valence-corrected chi connectivity index (χ2v) is 6.71. The van der Waals surface area contributed by atoms with Gasteiger partial charge in [-0.3, -0.25) is 0 Å². The molecule has 1 aliphatic rings. The van der Waals surface area contributed by atoms with E-state index in [1.165, 1.54) is 0 Å². The zero-order chi connectivity index (χ0) is 15.9. The first-order chi connectivity index (χ1) is 10.6. The van der Waals surface area contributed by atoms with Crippen LogP contribution in [-0.2, 0) is 4.74 Å². The maximum absolute atomic E-state index is 12.5. The number of aryl methyl sites for hydroxylation is 1. The minimum Gasteiger partial charge on any atom is -0.376 e. The van der Waals surface area contributed by atoms with Gasteiger partial charge in [0.2, 0.25) is 0 Å². The number of amides is 2. The van der Waals surface area contributed by atoms with Gasteiger partial charge in [-0.15, -0.1) is 17.8 Å². The van der Waals surface area contributed by atoms with Crippen molar-refractivity contribution in [1.82, 2.24) is 15.2 Å². The molecular formula is C16H23N3O2S. The Hall–Kier alpha value is -1.58. The van der Waals surface area contributed by atoms with Crippen LogP contribution < -0.4 is 5.32 Å². The van der Waals surface area contributed by atoms with Crippen LogP contribution in [0.25, 0.3) is 0 Å². The van der Waals surface area contributed by atoms with Gasteiger partial charge in [-0.2, -0.15) is 0 Å². The Balaban J connectivity index is 1.97. The molecule has 1 saturated heterocycles. The average molecular weight is 321 g/mol. The lowest BCUT2D eigenvalue weighted by atomic mass is 10.2. The van der Waals surface area contributed by atoms with Gasteiger partial charge in [-0.25, -0.2) is 9.78 Å². The van der Waals surface area contributed by atoms with E-state index in [9.17, 15) is 4.79 Å². The van der Waals surface area contributed by atoms with Crippen LogP contribution in [-0.4, -0.2) is 41.7 Å². The number of aromatic nitrogens is 1. The third kappa shape index (κ3) is 4.46. The summed E-state index contributed by atoms with van der Waals surface area (Å²) in [6, 6.07) is -0.218. The van der Waals surface area contributed by atoms with E-state index in [0.717, 1.165) is 35.8 Å². The molecule has 6 heteroatoms. The topological polar surface area (TPSA) is 54.5 Å². The van der Waals surface area contributed by atoms with Crippen LogP contribution in [0.5, 0.6) is 0 Å². The second-order valence-electron chi connectivity index (χ2n) is 5.44. The third-order valence-electron chi connectivity index (χ3n) is 3.66. The zero-order valence-corrected chi connectivity index (χ0v) is 14.0. The summed E-state index contributed by atoms with van der Waals surface area (Å²) in [7, 11) is 0. The van der Waals surface area contributed by atoms with Gasteiger partial charge in [0.25, 0.3) is 0 Å². The highest BCUT2D eigenvalue weighted by Crippen LogP contribution is 2.22.